The molecule has 0 spiro atoms. The molecule has 148 valence electrons. The first-order valence-corrected chi connectivity index (χ1v) is 10.2. The van der Waals surface area contributed by atoms with E-state index in [1.807, 2.05) is 0 Å². The SMILES string of the molecule is CN(Cc1nnc(-c2ccc(F)cc2)o1)CC(c1cccs1)N1CCOCC1. The van der Waals surface area contributed by atoms with Crippen molar-refractivity contribution in [3.63, 3.8) is 0 Å². The summed E-state index contributed by atoms with van der Waals surface area (Å²) in [5.74, 6) is 0.672. The Hall–Kier alpha value is -2.13. The predicted octanol–water partition coefficient (Wildman–Crippen LogP) is 3.44. The lowest BCUT2D eigenvalue weighted by atomic mass is 10.1. The molecule has 0 amide bonds. The van der Waals surface area contributed by atoms with Crippen molar-refractivity contribution >= 4 is 11.3 Å². The number of nitrogens with zero attached hydrogens (tertiary/aromatic N) is 4. The number of morpholine rings is 1. The minimum absolute atomic E-state index is 0.286. The molecule has 2 aromatic heterocycles. The molecule has 1 unspecified atom stereocenters. The van der Waals surface area contributed by atoms with E-state index in [-0.39, 0.29) is 5.82 Å². The van der Waals surface area contributed by atoms with E-state index in [4.69, 9.17) is 9.15 Å². The second-order valence-corrected chi connectivity index (χ2v) is 7.86. The Balaban J connectivity index is 1.42. The summed E-state index contributed by atoms with van der Waals surface area (Å²) in [6, 6.07) is 10.7. The van der Waals surface area contributed by atoms with Gasteiger partial charge in [0.2, 0.25) is 11.8 Å². The zero-order valence-electron chi connectivity index (χ0n) is 15.8. The summed E-state index contributed by atoms with van der Waals surface area (Å²) in [7, 11) is 2.06. The Morgan fingerprint density at radius 3 is 2.68 bits per heavy atom. The molecule has 3 heterocycles. The number of likely N-dealkylation sites (N-methyl/N-ethyl adjacent to an activating group) is 1. The molecule has 1 aliphatic heterocycles. The summed E-state index contributed by atoms with van der Waals surface area (Å²) in [4.78, 5) is 6.03. The van der Waals surface area contributed by atoms with Gasteiger partial charge in [0.05, 0.1) is 25.8 Å². The van der Waals surface area contributed by atoms with Crippen molar-refractivity contribution in [2.45, 2.75) is 12.6 Å². The van der Waals surface area contributed by atoms with Crippen LogP contribution in [0, 0.1) is 5.82 Å². The minimum atomic E-state index is -0.286. The number of aromatic nitrogens is 2. The van der Waals surface area contributed by atoms with Crippen molar-refractivity contribution in [3.8, 4) is 11.5 Å². The van der Waals surface area contributed by atoms with Gasteiger partial charge in [-0.2, -0.15) is 0 Å². The van der Waals surface area contributed by atoms with Crippen molar-refractivity contribution in [2.24, 2.45) is 0 Å². The van der Waals surface area contributed by atoms with Crippen LogP contribution in [0.1, 0.15) is 16.8 Å². The van der Waals surface area contributed by atoms with Crippen LogP contribution in [0.4, 0.5) is 4.39 Å². The van der Waals surface area contributed by atoms with Crippen LogP contribution in [-0.4, -0.2) is 59.9 Å². The average molecular weight is 402 g/mol. The van der Waals surface area contributed by atoms with Crippen molar-refractivity contribution in [2.75, 3.05) is 39.9 Å². The highest BCUT2D eigenvalue weighted by molar-refractivity contribution is 7.10. The molecule has 1 atom stereocenters. The van der Waals surface area contributed by atoms with E-state index in [9.17, 15) is 4.39 Å². The number of thiophene rings is 1. The molecule has 0 aliphatic carbocycles. The molecule has 6 nitrogen and oxygen atoms in total. The number of hydrogen-bond donors (Lipinski definition) is 0. The van der Waals surface area contributed by atoms with E-state index in [0.29, 0.717) is 29.9 Å². The van der Waals surface area contributed by atoms with Crippen LogP contribution in [0.5, 0.6) is 0 Å². The number of hydrogen-bond acceptors (Lipinski definition) is 7. The molecule has 4 rings (SSSR count). The fourth-order valence-corrected chi connectivity index (χ4v) is 4.22. The molecule has 28 heavy (non-hydrogen) atoms. The Morgan fingerprint density at radius 2 is 1.96 bits per heavy atom. The lowest BCUT2D eigenvalue weighted by Crippen LogP contribution is -2.42. The third-order valence-electron chi connectivity index (χ3n) is 4.81. The van der Waals surface area contributed by atoms with Gasteiger partial charge in [0.1, 0.15) is 5.82 Å². The first kappa shape index (κ1) is 19.2. The number of rotatable bonds is 7. The molecule has 1 aromatic carbocycles. The zero-order valence-corrected chi connectivity index (χ0v) is 16.6. The molecule has 0 bridgehead atoms. The van der Waals surface area contributed by atoms with Crippen LogP contribution in [0.2, 0.25) is 0 Å². The maximum atomic E-state index is 13.1. The predicted molar refractivity (Wildman–Crippen MR) is 105 cm³/mol. The summed E-state index contributed by atoms with van der Waals surface area (Å²) in [5.41, 5.74) is 0.715. The molecule has 1 fully saturated rings. The van der Waals surface area contributed by atoms with Gasteiger partial charge in [-0.15, -0.1) is 21.5 Å². The largest absolute Gasteiger partial charge is 0.419 e. The normalized spacial score (nSPS) is 16.5. The smallest absolute Gasteiger partial charge is 0.247 e. The minimum Gasteiger partial charge on any atom is -0.419 e. The van der Waals surface area contributed by atoms with E-state index in [0.717, 1.165) is 32.8 Å². The van der Waals surface area contributed by atoms with Gasteiger partial charge in [-0.3, -0.25) is 9.80 Å². The molecular weight excluding hydrogens is 379 g/mol. The van der Waals surface area contributed by atoms with E-state index in [1.54, 1.807) is 23.5 Å². The van der Waals surface area contributed by atoms with Gasteiger partial charge in [-0.25, -0.2) is 4.39 Å². The van der Waals surface area contributed by atoms with Crippen LogP contribution < -0.4 is 0 Å². The van der Waals surface area contributed by atoms with Crippen molar-refractivity contribution in [1.82, 2.24) is 20.0 Å². The summed E-state index contributed by atoms with van der Waals surface area (Å²) < 4.78 is 24.4. The second kappa shape index (κ2) is 8.91. The van der Waals surface area contributed by atoms with Gasteiger partial charge in [0.15, 0.2) is 0 Å². The Kier molecular flexibility index (Phi) is 6.11. The van der Waals surface area contributed by atoms with E-state index in [1.165, 1.54) is 17.0 Å². The molecule has 8 heteroatoms. The van der Waals surface area contributed by atoms with Crippen molar-refractivity contribution in [3.05, 3.63) is 58.4 Å². The zero-order chi connectivity index (χ0) is 19.3. The summed E-state index contributed by atoms with van der Waals surface area (Å²) >= 11 is 1.78. The number of benzene rings is 1. The highest BCUT2D eigenvalue weighted by Gasteiger charge is 2.25. The fraction of sp³-hybridized carbons (Fsp3) is 0.400. The maximum absolute atomic E-state index is 13.1. The van der Waals surface area contributed by atoms with E-state index in [2.05, 4.69) is 44.6 Å². The molecule has 1 saturated heterocycles. The first-order valence-electron chi connectivity index (χ1n) is 9.31. The van der Waals surface area contributed by atoms with E-state index < -0.39 is 0 Å². The molecule has 3 aromatic rings. The van der Waals surface area contributed by atoms with Crippen molar-refractivity contribution in [1.29, 1.82) is 0 Å². The monoisotopic (exact) mass is 402 g/mol. The quantitative estimate of drug-likeness (QED) is 0.603. The lowest BCUT2D eigenvalue weighted by molar-refractivity contribution is 0.00919. The Bertz CT molecular complexity index is 863. The second-order valence-electron chi connectivity index (χ2n) is 6.88. The molecule has 1 aliphatic rings. The fourth-order valence-electron chi connectivity index (χ4n) is 3.37. The van der Waals surface area contributed by atoms with Crippen LogP contribution >= 0.6 is 11.3 Å². The van der Waals surface area contributed by atoms with Gasteiger partial charge < -0.3 is 9.15 Å². The molecule has 0 N–H and O–H groups in total. The average Bonchev–Trinajstić information content (AvgIpc) is 3.40. The highest BCUT2D eigenvalue weighted by atomic mass is 32.1. The Morgan fingerprint density at radius 1 is 1.18 bits per heavy atom. The first-order chi connectivity index (χ1) is 13.7. The topological polar surface area (TPSA) is 54.6 Å². The third kappa shape index (κ3) is 4.64. The molecule has 0 radical (unpaired) electrons. The van der Waals surface area contributed by atoms with Gasteiger partial charge >= 0.3 is 0 Å². The van der Waals surface area contributed by atoms with Gasteiger partial charge in [-0.05, 0) is 42.8 Å². The molecular formula is C20H23FN4O2S. The Labute approximate surface area is 167 Å². The van der Waals surface area contributed by atoms with Gasteiger partial charge in [-0.1, -0.05) is 6.07 Å². The standard InChI is InChI=1S/C20H23FN4O2S/c1-24(13-17(18-3-2-12-28-18)25-8-10-26-11-9-25)14-19-22-23-20(27-19)15-4-6-16(21)7-5-15/h2-7,12,17H,8-11,13-14H2,1H3. The van der Waals surface area contributed by atoms with Crippen LogP contribution in [-0.2, 0) is 11.3 Å². The number of halogens is 1. The molecule has 0 saturated carbocycles. The third-order valence-corrected chi connectivity index (χ3v) is 5.78. The summed E-state index contributed by atoms with van der Waals surface area (Å²) in [6.45, 7) is 4.83. The highest BCUT2D eigenvalue weighted by Crippen LogP contribution is 2.27. The van der Waals surface area contributed by atoms with Crippen LogP contribution in [0.15, 0.2) is 46.2 Å². The summed E-state index contributed by atoms with van der Waals surface area (Å²) in [6.07, 6.45) is 0. The number of ether oxygens (including phenoxy) is 1. The summed E-state index contributed by atoms with van der Waals surface area (Å²) in [5, 5.41) is 10.4. The van der Waals surface area contributed by atoms with Crippen LogP contribution in [0.25, 0.3) is 11.5 Å². The van der Waals surface area contributed by atoms with Gasteiger partial charge in [0.25, 0.3) is 0 Å². The van der Waals surface area contributed by atoms with E-state index >= 15 is 0 Å². The maximum Gasteiger partial charge on any atom is 0.247 e. The van der Waals surface area contributed by atoms with Gasteiger partial charge in [0, 0.05) is 30.1 Å². The van der Waals surface area contributed by atoms with Crippen molar-refractivity contribution < 1.29 is 13.5 Å². The lowest BCUT2D eigenvalue weighted by Gasteiger charge is -2.35. The van der Waals surface area contributed by atoms with Crippen LogP contribution in [0.3, 0.4) is 0 Å².